The maximum atomic E-state index is 11.4. The number of aromatic nitrogens is 1. The van der Waals surface area contributed by atoms with Crippen molar-refractivity contribution in [2.24, 2.45) is 17.6 Å². The fraction of sp³-hybridized carbons (Fsp3) is 0.100. The number of amides is 1. The van der Waals surface area contributed by atoms with Crippen LogP contribution in [0.1, 0.15) is 21.5 Å². The number of halogens is 5. The number of rotatable bonds is 5. The van der Waals surface area contributed by atoms with Gasteiger partial charge >= 0.3 is 50.5 Å². The number of allylic oxidation sites excluding steroid dienone is 7. The van der Waals surface area contributed by atoms with Crippen LogP contribution in [0.2, 0.25) is 0 Å². The van der Waals surface area contributed by atoms with Gasteiger partial charge in [-0.25, -0.2) is 4.85 Å². The van der Waals surface area contributed by atoms with E-state index in [1.807, 2.05) is 36.4 Å². The third-order valence-corrected chi connectivity index (χ3v) is 8.67. The molecule has 50 heavy (non-hydrogen) atoms. The summed E-state index contributed by atoms with van der Waals surface area (Å²) in [5, 5.41) is 2.19. The van der Waals surface area contributed by atoms with E-state index in [9.17, 15) is 4.79 Å². The smallest absolute Gasteiger partial charge is 0.248 e. The summed E-state index contributed by atoms with van der Waals surface area (Å²) in [7, 11) is 0. The van der Waals surface area contributed by atoms with E-state index in [4.69, 9.17) is 12.3 Å². The largest absolute Gasteiger partial charge is 0.366 e. The van der Waals surface area contributed by atoms with Gasteiger partial charge in [-0.1, -0.05) is 103 Å². The van der Waals surface area contributed by atoms with Gasteiger partial charge in [-0.2, -0.15) is 0 Å². The predicted octanol–water partition coefficient (Wildman–Crippen LogP) is 8.89. The molecule has 2 unspecified atom stereocenters. The minimum atomic E-state index is -0.394. The fourth-order valence-electron chi connectivity index (χ4n) is 6.45. The molecule has 2 atom stereocenters. The third kappa shape index (κ3) is 9.61. The second-order valence-corrected chi connectivity index (χ2v) is 27.8. The maximum absolute atomic E-state index is 11.4. The number of nitrogens with zero attached hydrogens (tertiary/aromatic N) is 3. The molecule has 2 N–H and O–H groups in total. The van der Waals surface area contributed by atoms with Gasteiger partial charge in [-0.05, 0) is 57.8 Å². The Morgan fingerprint density at radius 2 is 1.56 bits per heavy atom. The van der Waals surface area contributed by atoms with Gasteiger partial charge < -0.3 is 15.2 Å². The second-order valence-electron chi connectivity index (χ2n) is 11.6. The molecule has 1 amide bonds. The molecule has 3 aromatic rings. The summed E-state index contributed by atoms with van der Waals surface area (Å²) in [6.45, 7) is 8.91. The number of carbonyl (C=O) groups is 1. The van der Waals surface area contributed by atoms with Gasteiger partial charge in [0, 0.05) is 97.1 Å². The van der Waals surface area contributed by atoms with Crippen molar-refractivity contribution in [2.75, 3.05) is 0 Å². The minimum absolute atomic E-state index is 0.312. The zero-order valence-electron chi connectivity index (χ0n) is 26.6. The molecule has 254 valence electrons. The molecule has 0 saturated heterocycles. The monoisotopic (exact) mass is 1220 g/mol. The van der Waals surface area contributed by atoms with Crippen LogP contribution < -0.4 is 19.0 Å². The molecule has 5 aliphatic rings. The normalized spacial score (nSPS) is 16.6. The topological polar surface area (TPSA) is 55.6 Å². The first-order chi connectivity index (χ1) is 24.5. The van der Waals surface area contributed by atoms with E-state index in [1.165, 1.54) is 22.4 Å². The van der Waals surface area contributed by atoms with E-state index in [-0.39, 0.29) is 0 Å². The van der Waals surface area contributed by atoms with Crippen LogP contribution in [0.15, 0.2) is 163 Å². The molecule has 0 radical (unpaired) electrons. The molecule has 0 bridgehead atoms. The molecule has 2 aliphatic heterocycles. The van der Waals surface area contributed by atoms with Crippen LogP contribution in [0.4, 0.5) is 0 Å². The van der Waals surface area contributed by atoms with Gasteiger partial charge in [-0.15, -0.1) is 0 Å². The van der Waals surface area contributed by atoms with Crippen molar-refractivity contribution in [3.63, 3.8) is 0 Å². The molecule has 5 nitrogen and oxygen atoms in total. The average Bonchev–Trinajstić information content (AvgIpc) is 3.73. The minimum Gasteiger partial charge on any atom is -0.366 e. The van der Waals surface area contributed by atoms with E-state index in [0.717, 1.165) is 40.8 Å². The number of fused-ring (bicyclic) bond motifs is 6. The van der Waals surface area contributed by atoms with Crippen LogP contribution in [-0.2, 0) is 13.1 Å². The van der Waals surface area contributed by atoms with Crippen LogP contribution in [0.25, 0.3) is 26.9 Å². The van der Waals surface area contributed by atoms with Gasteiger partial charge in [-0.3, -0.25) is 4.79 Å². The van der Waals surface area contributed by atoms with Gasteiger partial charge in [0.2, 0.25) is 5.91 Å². The summed E-state index contributed by atoms with van der Waals surface area (Å²) in [5.41, 5.74) is 14.2. The Morgan fingerprint density at radius 3 is 2.22 bits per heavy atom. The Bertz CT molecular complexity index is 2090. The standard InChI is InChI=1S/C20H16N2O.C20H16N2.I3.I2/c21-20(23)16-9-8-15-12-19-17(18(15)11-16)7-4-10-22(19)13-14-5-2-1-3-6-14;1-21-17-10-9-16-12-20-18(19(16)13-17)8-5-11-22(20)14-15-6-3-2-4-7-15;1-3-2;1-2/h1-12H,13H2,(H2,21,23);2-13,16,19H,14H2;;/q;;-1;. The quantitative estimate of drug-likeness (QED) is 0.141. The Kier molecular flexibility index (Phi) is 15.3. The summed E-state index contributed by atoms with van der Waals surface area (Å²) in [4.78, 5) is 17.3. The summed E-state index contributed by atoms with van der Waals surface area (Å²) in [6.07, 6.45) is 17.1. The molecule has 3 aliphatic carbocycles. The number of hydrogen-bond donors (Lipinski definition) is 1. The average molecular weight is 1220 g/mol. The van der Waals surface area contributed by atoms with Crippen molar-refractivity contribution in [1.29, 1.82) is 0 Å². The van der Waals surface area contributed by atoms with Crippen LogP contribution >= 0.6 is 74.5 Å². The molecule has 8 rings (SSSR count). The Morgan fingerprint density at radius 1 is 0.880 bits per heavy atom. The molecule has 0 aromatic heterocycles. The third-order valence-electron chi connectivity index (χ3n) is 8.67. The van der Waals surface area contributed by atoms with Crippen LogP contribution in [0.3, 0.4) is 0 Å². The van der Waals surface area contributed by atoms with Crippen molar-refractivity contribution in [3.8, 4) is 11.3 Å². The van der Waals surface area contributed by atoms with Crippen molar-refractivity contribution < 1.29 is 18.0 Å². The van der Waals surface area contributed by atoms with Crippen molar-refractivity contribution in [1.82, 2.24) is 9.47 Å². The van der Waals surface area contributed by atoms with Crippen LogP contribution in [-0.4, -0.2) is 15.4 Å². The Hall–Kier alpha value is -2.21. The number of benzene rings is 3. The molecule has 0 saturated carbocycles. The molecule has 3 aromatic carbocycles. The molecule has 0 spiro atoms. The first-order valence-electron chi connectivity index (χ1n) is 15.5. The number of pyridine rings is 1. The number of nitrogens with two attached hydrogens (primary N) is 1. The summed E-state index contributed by atoms with van der Waals surface area (Å²) in [6, 6.07) is 32.8. The van der Waals surface area contributed by atoms with Gasteiger partial charge in [0.05, 0.1) is 6.57 Å². The van der Waals surface area contributed by atoms with E-state index in [0.29, 0.717) is 30.7 Å². The van der Waals surface area contributed by atoms with E-state index < -0.39 is 5.91 Å². The summed E-state index contributed by atoms with van der Waals surface area (Å²) in [5.74, 6) is 0.298. The van der Waals surface area contributed by atoms with Gasteiger partial charge in [0.15, 0.2) is 5.70 Å². The van der Waals surface area contributed by atoms with E-state index in [1.54, 1.807) is 6.07 Å². The summed E-state index contributed by atoms with van der Waals surface area (Å²) >= 11 is 9.54. The van der Waals surface area contributed by atoms with E-state index >= 15 is 0 Å². The van der Waals surface area contributed by atoms with Crippen molar-refractivity contribution in [3.05, 3.63) is 191 Å². The zero-order chi connectivity index (χ0) is 35.5. The van der Waals surface area contributed by atoms with Crippen molar-refractivity contribution >= 4 is 91.1 Å². The molecular formula is C40H32I5N4O-. The fourth-order valence-corrected chi connectivity index (χ4v) is 6.45. The van der Waals surface area contributed by atoms with Crippen LogP contribution in [0, 0.1) is 18.4 Å². The predicted molar refractivity (Wildman–Crippen MR) is 237 cm³/mol. The SMILES string of the molecule is II.I[I-]I.NC(=O)c1ccc2cc3n(Cc4ccccc4)cccc-3c2c1.[C-]#[N+]C1=CC2C3=CC=CN(Cc4ccccc4)C3=CC2C=C1. The second kappa shape index (κ2) is 19.6. The van der Waals surface area contributed by atoms with Gasteiger partial charge in [0.25, 0.3) is 0 Å². The molecular weight excluding hydrogens is 1190 g/mol. The Balaban J connectivity index is 0.000000173. The van der Waals surface area contributed by atoms with E-state index in [2.05, 4.69) is 192 Å². The zero-order valence-corrected chi connectivity index (χ0v) is 37.4. The number of hydrogen-bond acceptors (Lipinski definition) is 2. The Labute approximate surface area is 346 Å². The number of primary amides is 1. The number of carbonyl (C=O) groups excluding carboxylic acids is 1. The van der Waals surface area contributed by atoms with Gasteiger partial charge in [0.1, 0.15) is 0 Å². The molecule has 10 heteroatoms. The summed E-state index contributed by atoms with van der Waals surface area (Å²) < 4.78 is 2.23. The van der Waals surface area contributed by atoms with Crippen molar-refractivity contribution in [2.45, 2.75) is 13.1 Å². The van der Waals surface area contributed by atoms with Crippen LogP contribution in [0.5, 0.6) is 0 Å². The molecule has 2 heterocycles. The first kappa shape index (κ1) is 39.0. The molecule has 0 fully saturated rings. The first-order valence-corrected chi connectivity index (χ1v) is 34.4. The maximum Gasteiger partial charge on any atom is 0.248 e.